The first-order valence-corrected chi connectivity index (χ1v) is 9.46. The van der Waals surface area contributed by atoms with Crippen LogP contribution in [0, 0.1) is 0 Å². The summed E-state index contributed by atoms with van der Waals surface area (Å²) >= 11 is 0. The van der Waals surface area contributed by atoms with Gasteiger partial charge >= 0.3 is 0 Å². The van der Waals surface area contributed by atoms with Gasteiger partial charge in [0.1, 0.15) is 0 Å². The molecule has 1 unspecified atom stereocenters. The Kier molecular flexibility index (Phi) is 5.03. The van der Waals surface area contributed by atoms with Crippen LogP contribution in [0.3, 0.4) is 0 Å². The lowest BCUT2D eigenvalue weighted by Crippen LogP contribution is -2.41. The van der Waals surface area contributed by atoms with Crippen molar-refractivity contribution in [3.63, 3.8) is 0 Å². The van der Waals surface area contributed by atoms with Gasteiger partial charge in [0.15, 0.2) is 0 Å². The molecule has 0 spiro atoms. The van der Waals surface area contributed by atoms with Crippen molar-refractivity contribution in [1.29, 1.82) is 0 Å². The number of carbonyl (C=O) groups is 1. The number of nitrogens with zero attached hydrogens (tertiary/aromatic N) is 1. The van der Waals surface area contributed by atoms with Crippen LogP contribution in [0.2, 0.25) is 0 Å². The third-order valence-corrected chi connectivity index (χ3v) is 5.28. The number of amides is 1. The van der Waals surface area contributed by atoms with E-state index in [1.807, 2.05) is 42.3 Å². The molecule has 1 amide bonds. The number of fused-ring (bicyclic) bond motifs is 1. The summed E-state index contributed by atoms with van der Waals surface area (Å²) in [7, 11) is 1.96. The van der Waals surface area contributed by atoms with Crippen molar-refractivity contribution in [1.82, 2.24) is 10.2 Å². The van der Waals surface area contributed by atoms with E-state index >= 15 is 0 Å². The van der Waals surface area contributed by atoms with Crippen LogP contribution in [0.25, 0.3) is 0 Å². The van der Waals surface area contributed by atoms with Gasteiger partial charge < -0.3 is 10.2 Å². The Morgan fingerprint density at radius 2 is 1.59 bits per heavy atom. The molecule has 1 aliphatic heterocycles. The molecule has 27 heavy (non-hydrogen) atoms. The maximum Gasteiger partial charge on any atom is 0.254 e. The van der Waals surface area contributed by atoms with E-state index < -0.39 is 0 Å². The second-order valence-electron chi connectivity index (χ2n) is 6.95. The molecule has 0 aliphatic carbocycles. The molecule has 1 aliphatic rings. The average molecular weight is 356 g/mol. The second-order valence-corrected chi connectivity index (χ2v) is 6.95. The fourth-order valence-corrected chi connectivity index (χ4v) is 4.02. The van der Waals surface area contributed by atoms with E-state index in [0.717, 1.165) is 25.1 Å². The highest BCUT2D eigenvalue weighted by Crippen LogP contribution is 2.37. The Bertz CT molecular complexity index is 936. The van der Waals surface area contributed by atoms with Gasteiger partial charge in [-0.15, -0.1) is 0 Å². The highest BCUT2D eigenvalue weighted by atomic mass is 16.2. The zero-order valence-corrected chi connectivity index (χ0v) is 15.6. The molecule has 4 rings (SSSR count). The van der Waals surface area contributed by atoms with E-state index in [-0.39, 0.29) is 11.9 Å². The molecule has 1 atom stereocenters. The lowest BCUT2D eigenvalue weighted by atomic mass is 9.85. The second kappa shape index (κ2) is 7.77. The number of benzene rings is 3. The van der Waals surface area contributed by atoms with E-state index in [0.29, 0.717) is 0 Å². The maximum atomic E-state index is 13.4. The first-order valence-electron chi connectivity index (χ1n) is 9.46. The zero-order valence-electron chi connectivity index (χ0n) is 15.6. The normalized spacial score (nSPS) is 16.0. The predicted octanol–water partition coefficient (Wildman–Crippen LogP) is 4.19. The van der Waals surface area contributed by atoms with E-state index in [1.165, 1.54) is 22.3 Å². The first-order chi connectivity index (χ1) is 13.3. The molecule has 3 aromatic carbocycles. The highest BCUT2D eigenvalue weighted by Gasteiger charge is 2.33. The van der Waals surface area contributed by atoms with Gasteiger partial charge in [0.05, 0.1) is 6.04 Å². The van der Waals surface area contributed by atoms with Gasteiger partial charge in [-0.05, 0) is 47.9 Å². The molecule has 0 bridgehead atoms. The van der Waals surface area contributed by atoms with Gasteiger partial charge in [-0.1, -0.05) is 66.7 Å². The van der Waals surface area contributed by atoms with Gasteiger partial charge in [-0.25, -0.2) is 0 Å². The molecule has 0 saturated heterocycles. The van der Waals surface area contributed by atoms with E-state index in [2.05, 4.69) is 53.8 Å². The van der Waals surface area contributed by atoms with Crippen molar-refractivity contribution in [3.8, 4) is 0 Å². The van der Waals surface area contributed by atoms with E-state index in [9.17, 15) is 4.79 Å². The third-order valence-electron chi connectivity index (χ3n) is 5.28. The summed E-state index contributed by atoms with van der Waals surface area (Å²) < 4.78 is 0. The summed E-state index contributed by atoms with van der Waals surface area (Å²) in [6.07, 6.45) is 0.888. The molecule has 0 aromatic heterocycles. The van der Waals surface area contributed by atoms with Crippen LogP contribution in [0.5, 0.6) is 0 Å². The topological polar surface area (TPSA) is 32.3 Å². The van der Waals surface area contributed by atoms with Crippen LogP contribution in [0.15, 0.2) is 78.9 Å². The fourth-order valence-electron chi connectivity index (χ4n) is 4.02. The summed E-state index contributed by atoms with van der Waals surface area (Å²) in [4.78, 5) is 15.4. The number of hydrogen-bond acceptors (Lipinski definition) is 2. The largest absolute Gasteiger partial charge is 0.327 e. The first kappa shape index (κ1) is 17.5. The number of rotatable bonds is 4. The monoisotopic (exact) mass is 356 g/mol. The summed E-state index contributed by atoms with van der Waals surface area (Å²) in [5, 5.41) is 3.26. The highest BCUT2D eigenvalue weighted by molar-refractivity contribution is 5.95. The summed E-state index contributed by atoms with van der Waals surface area (Å²) in [5.41, 5.74) is 5.74. The lowest BCUT2D eigenvalue weighted by Gasteiger charge is -2.38. The molecular formula is C24H24N2O. The van der Waals surface area contributed by atoms with Crippen molar-refractivity contribution in [2.24, 2.45) is 0 Å². The molecule has 0 fully saturated rings. The van der Waals surface area contributed by atoms with Crippen molar-refractivity contribution in [2.45, 2.75) is 19.0 Å². The Balaban J connectivity index is 1.84. The summed E-state index contributed by atoms with van der Waals surface area (Å²) in [5.74, 6) is 0.0920. The number of hydrogen-bond donors (Lipinski definition) is 1. The van der Waals surface area contributed by atoms with Crippen LogP contribution in [-0.4, -0.2) is 24.4 Å². The van der Waals surface area contributed by atoms with Gasteiger partial charge in [0.2, 0.25) is 0 Å². The van der Waals surface area contributed by atoms with Crippen molar-refractivity contribution in [2.75, 3.05) is 13.6 Å². The minimum Gasteiger partial charge on any atom is -0.327 e. The molecule has 3 aromatic rings. The van der Waals surface area contributed by atoms with E-state index in [1.54, 1.807) is 0 Å². The van der Waals surface area contributed by atoms with Gasteiger partial charge in [-0.2, -0.15) is 0 Å². The van der Waals surface area contributed by atoms with Gasteiger partial charge in [0, 0.05) is 18.7 Å². The Hall–Kier alpha value is -2.91. The molecule has 3 nitrogen and oxygen atoms in total. The molecule has 0 saturated carbocycles. The van der Waals surface area contributed by atoms with Crippen molar-refractivity contribution >= 4 is 5.91 Å². The Labute approximate surface area is 160 Å². The fraction of sp³-hybridized carbons (Fsp3) is 0.208. The average Bonchev–Trinajstić information content (AvgIpc) is 2.74. The van der Waals surface area contributed by atoms with Crippen LogP contribution in [0.1, 0.15) is 38.7 Å². The predicted molar refractivity (Wildman–Crippen MR) is 109 cm³/mol. The van der Waals surface area contributed by atoms with Gasteiger partial charge in [-0.3, -0.25) is 4.79 Å². The third kappa shape index (κ3) is 3.38. The molecular weight excluding hydrogens is 332 g/mol. The lowest BCUT2D eigenvalue weighted by molar-refractivity contribution is 0.0694. The zero-order chi connectivity index (χ0) is 18.6. The van der Waals surface area contributed by atoms with Crippen LogP contribution in [0.4, 0.5) is 0 Å². The van der Waals surface area contributed by atoms with Crippen molar-refractivity contribution in [3.05, 3.63) is 107 Å². The smallest absolute Gasteiger partial charge is 0.254 e. The quantitative estimate of drug-likeness (QED) is 0.760. The molecule has 0 radical (unpaired) electrons. The Morgan fingerprint density at radius 3 is 2.37 bits per heavy atom. The molecule has 136 valence electrons. The van der Waals surface area contributed by atoms with Crippen LogP contribution < -0.4 is 5.32 Å². The van der Waals surface area contributed by atoms with Crippen molar-refractivity contribution < 1.29 is 4.79 Å². The maximum absolute atomic E-state index is 13.4. The Morgan fingerprint density at radius 1 is 0.926 bits per heavy atom. The number of nitrogens with one attached hydrogen (secondary N) is 1. The summed E-state index contributed by atoms with van der Waals surface area (Å²) in [6, 6.07) is 26.5. The minimum absolute atomic E-state index is 0.0628. The molecule has 1 heterocycles. The summed E-state index contributed by atoms with van der Waals surface area (Å²) in [6.45, 7) is 1.51. The SMILES string of the molecule is CNCc1ccccc1C1c2ccccc2CCN1C(=O)c1ccccc1. The standard InChI is InChI=1S/C24H24N2O/c1-25-17-20-12-6-8-14-22(20)23-21-13-7-5-9-18(21)15-16-26(23)24(27)19-10-3-2-4-11-19/h2-14,23,25H,15-17H2,1H3. The van der Waals surface area contributed by atoms with Crippen LogP contribution >= 0.6 is 0 Å². The number of carbonyl (C=O) groups excluding carboxylic acids is 1. The van der Waals surface area contributed by atoms with Gasteiger partial charge in [0.25, 0.3) is 5.91 Å². The molecule has 3 heteroatoms. The van der Waals surface area contributed by atoms with Crippen LogP contribution in [-0.2, 0) is 13.0 Å². The molecule has 1 N–H and O–H groups in total. The minimum atomic E-state index is -0.0628. The van der Waals surface area contributed by atoms with E-state index in [4.69, 9.17) is 0 Å².